The normalized spacial score (nSPS) is 15.8. The molecule has 0 bridgehead atoms. The van der Waals surface area contributed by atoms with Gasteiger partial charge in [-0.25, -0.2) is 0 Å². The highest BCUT2D eigenvalue weighted by Crippen LogP contribution is 2.38. The third-order valence-electron chi connectivity index (χ3n) is 3.93. The second kappa shape index (κ2) is 5.47. The number of nitrogens with zero attached hydrogens (tertiary/aromatic N) is 2. The van der Waals surface area contributed by atoms with Gasteiger partial charge in [0.25, 0.3) is 0 Å². The van der Waals surface area contributed by atoms with Crippen molar-refractivity contribution < 1.29 is 4.74 Å². The second-order valence-corrected chi connectivity index (χ2v) is 5.26. The lowest BCUT2D eigenvalue weighted by Crippen LogP contribution is -2.00. The lowest BCUT2D eigenvalue weighted by molar-refractivity contribution is 0.383. The van der Waals surface area contributed by atoms with Gasteiger partial charge in [0.2, 0.25) is 5.88 Å². The standard InChI is InChI=1S/C16H20N2O/c1-19-16-15(14-9-5-6-10-14)12-18(17-16)11-13-7-3-2-4-8-13/h2-4,7-8,12,14H,5-6,9-11H2,1H3. The summed E-state index contributed by atoms with van der Waals surface area (Å²) in [6.45, 7) is 0.809. The van der Waals surface area contributed by atoms with Gasteiger partial charge in [0.05, 0.1) is 13.7 Å². The van der Waals surface area contributed by atoms with E-state index in [0.717, 1.165) is 12.4 Å². The maximum atomic E-state index is 5.44. The van der Waals surface area contributed by atoms with Crippen LogP contribution in [-0.4, -0.2) is 16.9 Å². The Hall–Kier alpha value is -1.77. The minimum Gasteiger partial charge on any atom is -0.480 e. The quantitative estimate of drug-likeness (QED) is 0.835. The Kier molecular flexibility index (Phi) is 3.53. The predicted octanol–water partition coefficient (Wildman–Crippen LogP) is 3.60. The number of rotatable bonds is 4. The van der Waals surface area contributed by atoms with E-state index in [4.69, 9.17) is 4.74 Å². The van der Waals surface area contributed by atoms with Gasteiger partial charge in [-0.05, 0) is 24.3 Å². The van der Waals surface area contributed by atoms with Crippen LogP contribution < -0.4 is 4.74 Å². The summed E-state index contributed by atoms with van der Waals surface area (Å²) in [4.78, 5) is 0. The molecule has 2 aromatic rings. The molecule has 1 saturated carbocycles. The van der Waals surface area contributed by atoms with Crippen molar-refractivity contribution in [3.05, 3.63) is 47.7 Å². The first-order valence-electron chi connectivity index (χ1n) is 7.02. The number of methoxy groups -OCH3 is 1. The second-order valence-electron chi connectivity index (χ2n) is 5.26. The summed E-state index contributed by atoms with van der Waals surface area (Å²) < 4.78 is 7.45. The molecule has 0 N–H and O–H groups in total. The average Bonchev–Trinajstić information content (AvgIpc) is 3.08. The smallest absolute Gasteiger partial charge is 0.236 e. The van der Waals surface area contributed by atoms with Crippen LogP contribution in [0.1, 0.15) is 42.7 Å². The zero-order chi connectivity index (χ0) is 13.1. The summed E-state index contributed by atoms with van der Waals surface area (Å²) in [5, 5.41) is 4.56. The van der Waals surface area contributed by atoms with Crippen molar-refractivity contribution in [1.82, 2.24) is 9.78 Å². The maximum absolute atomic E-state index is 5.44. The van der Waals surface area contributed by atoms with E-state index < -0.39 is 0 Å². The van der Waals surface area contributed by atoms with Crippen LogP contribution in [0.25, 0.3) is 0 Å². The Morgan fingerprint density at radius 1 is 1.21 bits per heavy atom. The van der Waals surface area contributed by atoms with Crippen LogP contribution in [0.5, 0.6) is 5.88 Å². The van der Waals surface area contributed by atoms with E-state index in [1.54, 1.807) is 7.11 Å². The largest absolute Gasteiger partial charge is 0.480 e. The molecule has 0 radical (unpaired) electrons. The maximum Gasteiger partial charge on any atom is 0.236 e. The summed E-state index contributed by atoms with van der Waals surface area (Å²) in [6.07, 6.45) is 7.37. The molecule has 0 unspecified atom stereocenters. The van der Waals surface area contributed by atoms with Crippen LogP contribution in [0.15, 0.2) is 36.5 Å². The van der Waals surface area contributed by atoms with E-state index in [9.17, 15) is 0 Å². The molecule has 1 aliphatic rings. The zero-order valence-electron chi connectivity index (χ0n) is 11.4. The average molecular weight is 256 g/mol. The van der Waals surface area contributed by atoms with E-state index in [2.05, 4.69) is 35.6 Å². The third-order valence-corrected chi connectivity index (χ3v) is 3.93. The SMILES string of the molecule is COc1nn(Cc2ccccc2)cc1C1CCCC1. The van der Waals surface area contributed by atoms with Gasteiger partial charge in [0, 0.05) is 11.8 Å². The molecule has 3 rings (SSSR count). The Balaban J connectivity index is 1.82. The molecular formula is C16H20N2O. The van der Waals surface area contributed by atoms with Gasteiger partial charge < -0.3 is 4.74 Å². The predicted molar refractivity (Wildman–Crippen MR) is 75.5 cm³/mol. The molecule has 0 saturated heterocycles. The van der Waals surface area contributed by atoms with Gasteiger partial charge in [-0.3, -0.25) is 4.68 Å². The lowest BCUT2D eigenvalue weighted by atomic mass is 10.0. The number of hydrogen-bond acceptors (Lipinski definition) is 2. The molecule has 1 fully saturated rings. The number of hydrogen-bond donors (Lipinski definition) is 0. The van der Waals surface area contributed by atoms with Crippen molar-refractivity contribution in [2.75, 3.05) is 7.11 Å². The number of benzene rings is 1. The summed E-state index contributed by atoms with van der Waals surface area (Å²) in [7, 11) is 1.72. The molecule has 0 atom stereocenters. The van der Waals surface area contributed by atoms with Crippen molar-refractivity contribution >= 4 is 0 Å². The van der Waals surface area contributed by atoms with Gasteiger partial charge in [0.1, 0.15) is 0 Å². The molecule has 19 heavy (non-hydrogen) atoms. The summed E-state index contributed by atoms with van der Waals surface area (Å²) in [5.41, 5.74) is 2.56. The van der Waals surface area contributed by atoms with Gasteiger partial charge >= 0.3 is 0 Å². The van der Waals surface area contributed by atoms with Crippen molar-refractivity contribution in [1.29, 1.82) is 0 Å². The molecule has 0 spiro atoms. The highest BCUT2D eigenvalue weighted by atomic mass is 16.5. The van der Waals surface area contributed by atoms with E-state index in [-0.39, 0.29) is 0 Å². The fourth-order valence-electron chi connectivity index (χ4n) is 2.95. The molecule has 0 aliphatic heterocycles. The molecule has 1 heterocycles. The Morgan fingerprint density at radius 3 is 2.63 bits per heavy atom. The van der Waals surface area contributed by atoms with Gasteiger partial charge in [0.15, 0.2) is 0 Å². The molecule has 100 valence electrons. The monoisotopic (exact) mass is 256 g/mol. The summed E-state index contributed by atoms with van der Waals surface area (Å²) in [6, 6.07) is 10.4. The van der Waals surface area contributed by atoms with E-state index in [1.165, 1.54) is 36.8 Å². The van der Waals surface area contributed by atoms with E-state index in [0.29, 0.717) is 5.92 Å². The van der Waals surface area contributed by atoms with Crippen LogP contribution in [0.4, 0.5) is 0 Å². The van der Waals surface area contributed by atoms with Crippen LogP contribution in [-0.2, 0) is 6.54 Å². The first-order valence-corrected chi connectivity index (χ1v) is 7.02. The summed E-state index contributed by atoms with van der Waals surface area (Å²) >= 11 is 0. The molecule has 1 aliphatic carbocycles. The zero-order valence-corrected chi connectivity index (χ0v) is 11.4. The molecular weight excluding hydrogens is 236 g/mol. The van der Waals surface area contributed by atoms with Gasteiger partial charge in [-0.2, -0.15) is 0 Å². The molecule has 1 aromatic heterocycles. The number of ether oxygens (including phenoxy) is 1. The van der Waals surface area contributed by atoms with Crippen molar-refractivity contribution in [2.45, 2.75) is 38.1 Å². The topological polar surface area (TPSA) is 27.1 Å². The first kappa shape index (κ1) is 12.3. The third kappa shape index (κ3) is 2.65. The van der Waals surface area contributed by atoms with Gasteiger partial charge in [-0.1, -0.05) is 43.2 Å². The van der Waals surface area contributed by atoms with Crippen LogP contribution in [0.2, 0.25) is 0 Å². The number of aromatic nitrogens is 2. The minimum atomic E-state index is 0.638. The first-order chi connectivity index (χ1) is 9.36. The summed E-state index contributed by atoms with van der Waals surface area (Å²) in [5.74, 6) is 1.45. The fourth-order valence-corrected chi connectivity index (χ4v) is 2.95. The highest BCUT2D eigenvalue weighted by molar-refractivity contribution is 5.29. The molecule has 0 amide bonds. The van der Waals surface area contributed by atoms with Crippen molar-refractivity contribution in [3.8, 4) is 5.88 Å². The van der Waals surface area contributed by atoms with Crippen LogP contribution in [0, 0.1) is 0 Å². The van der Waals surface area contributed by atoms with Gasteiger partial charge in [-0.15, -0.1) is 5.10 Å². The Morgan fingerprint density at radius 2 is 1.95 bits per heavy atom. The van der Waals surface area contributed by atoms with Crippen LogP contribution in [0.3, 0.4) is 0 Å². The van der Waals surface area contributed by atoms with E-state index in [1.807, 2.05) is 10.7 Å². The fraction of sp³-hybridized carbons (Fsp3) is 0.438. The molecule has 1 aromatic carbocycles. The minimum absolute atomic E-state index is 0.638. The van der Waals surface area contributed by atoms with Crippen molar-refractivity contribution in [3.63, 3.8) is 0 Å². The molecule has 3 heteroatoms. The lowest BCUT2D eigenvalue weighted by Gasteiger charge is -2.06. The Bertz CT molecular complexity index is 527. The molecule has 3 nitrogen and oxygen atoms in total. The highest BCUT2D eigenvalue weighted by Gasteiger charge is 2.23. The van der Waals surface area contributed by atoms with Crippen LogP contribution >= 0.6 is 0 Å². The van der Waals surface area contributed by atoms with Crippen molar-refractivity contribution in [2.24, 2.45) is 0 Å². The van der Waals surface area contributed by atoms with E-state index >= 15 is 0 Å². The Labute approximate surface area is 114 Å².